The van der Waals surface area contributed by atoms with Gasteiger partial charge in [-0.1, -0.05) is 0 Å². The van der Waals surface area contributed by atoms with Gasteiger partial charge in [-0.2, -0.15) is 0 Å². The average Bonchev–Trinajstić information content (AvgIpc) is 2.36. The zero-order valence-corrected chi connectivity index (χ0v) is 9.82. The molecule has 0 aromatic carbocycles. The normalized spacial score (nSPS) is 29.2. The Morgan fingerprint density at radius 2 is 1.69 bits per heavy atom. The van der Waals surface area contributed by atoms with Gasteiger partial charge in [0.05, 0.1) is 5.70 Å². The van der Waals surface area contributed by atoms with E-state index < -0.39 is 0 Å². The Morgan fingerprint density at radius 3 is 2.31 bits per heavy atom. The van der Waals surface area contributed by atoms with Gasteiger partial charge in [0.25, 0.3) is 0 Å². The molecule has 0 radical (unpaired) electrons. The van der Waals surface area contributed by atoms with E-state index in [9.17, 15) is 4.79 Å². The second-order valence-corrected chi connectivity index (χ2v) is 5.24. The molecule has 0 unspecified atom stereocenters. The lowest BCUT2D eigenvalue weighted by Gasteiger charge is -2.42. The summed E-state index contributed by atoms with van der Waals surface area (Å²) < 4.78 is 0. The third kappa shape index (κ3) is 1.72. The number of ketones is 1. The van der Waals surface area contributed by atoms with Crippen LogP contribution < -0.4 is 0 Å². The number of fused-ring (bicyclic) bond motifs is 3. The van der Waals surface area contributed by atoms with Crippen LogP contribution in [0.3, 0.4) is 0 Å². The van der Waals surface area contributed by atoms with Crippen molar-refractivity contribution in [2.24, 2.45) is 5.92 Å². The second kappa shape index (κ2) is 4.11. The lowest BCUT2D eigenvalue weighted by molar-refractivity contribution is -0.125. The minimum Gasteiger partial charge on any atom is -0.376 e. The maximum Gasteiger partial charge on any atom is 0.183 e. The van der Waals surface area contributed by atoms with Crippen LogP contribution in [0.15, 0.2) is 11.9 Å². The van der Waals surface area contributed by atoms with Crippen molar-refractivity contribution in [2.75, 3.05) is 26.2 Å². The smallest absolute Gasteiger partial charge is 0.183 e. The van der Waals surface area contributed by atoms with Crippen LogP contribution in [0, 0.1) is 5.92 Å². The summed E-state index contributed by atoms with van der Waals surface area (Å²) in [4.78, 5) is 16.8. The molecule has 0 N–H and O–H groups in total. The lowest BCUT2D eigenvalue weighted by Crippen LogP contribution is -2.47. The van der Waals surface area contributed by atoms with Gasteiger partial charge < -0.3 is 9.80 Å². The average molecular weight is 220 g/mol. The summed E-state index contributed by atoms with van der Waals surface area (Å²) in [5, 5.41) is 0. The highest BCUT2D eigenvalue weighted by Gasteiger charge is 2.36. The summed E-state index contributed by atoms with van der Waals surface area (Å²) in [6.07, 6.45) is 8.21. The maximum absolute atomic E-state index is 12.1. The van der Waals surface area contributed by atoms with Crippen molar-refractivity contribution in [1.29, 1.82) is 0 Å². The first-order valence-electron chi connectivity index (χ1n) is 6.59. The fourth-order valence-corrected chi connectivity index (χ4v) is 3.11. The highest BCUT2D eigenvalue weighted by Crippen LogP contribution is 2.31. The van der Waals surface area contributed by atoms with E-state index in [0.29, 0.717) is 11.7 Å². The molecule has 0 aromatic heterocycles. The molecule has 4 aliphatic rings. The first-order chi connectivity index (χ1) is 7.84. The van der Waals surface area contributed by atoms with E-state index in [4.69, 9.17) is 0 Å². The van der Waals surface area contributed by atoms with Crippen molar-refractivity contribution >= 4 is 5.78 Å². The first-order valence-corrected chi connectivity index (χ1v) is 6.59. The van der Waals surface area contributed by atoms with Crippen molar-refractivity contribution in [3.05, 3.63) is 11.9 Å². The van der Waals surface area contributed by atoms with E-state index in [1.807, 2.05) is 0 Å². The summed E-state index contributed by atoms with van der Waals surface area (Å²) in [7, 11) is 0. The molecule has 4 heterocycles. The third-order valence-corrected chi connectivity index (χ3v) is 4.15. The van der Waals surface area contributed by atoms with Crippen molar-refractivity contribution in [3.63, 3.8) is 0 Å². The molecule has 0 saturated carbocycles. The predicted molar refractivity (Wildman–Crippen MR) is 62.8 cm³/mol. The number of nitrogens with zero attached hydrogens (tertiary/aromatic N) is 2. The Balaban J connectivity index is 1.77. The summed E-state index contributed by atoms with van der Waals surface area (Å²) in [6.45, 7) is 4.46. The number of hydrogen-bond donors (Lipinski definition) is 0. The van der Waals surface area contributed by atoms with Gasteiger partial charge in [0.15, 0.2) is 5.78 Å². The molecule has 16 heavy (non-hydrogen) atoms. The maximum atomic E-state index is 12.1. The summed E-state index contributed by atoms with van der Waals surface area (Å²) >= 11 is 0. The zero-order valence-electron chi connectivity index (χ0n) is 9.82. The molecule has 2 bridgehead atoms. The molecule has 0 amide bonds. The van der Waals surface area contributed by atoms with Crippen LogP contribution in [-0.4, -0.2) is 41.8 Å². The Kier molecular flexibility index (Phi) is 2.62. The van der Waals surface area contributed by atoms with E-state index in [1.165, 1.54) is 19.3 Å². The molecular formula is C13H20N2O. The molecule has 0 aromatic rings. The molecule has 3 heteroatoms. The minimum atomic E-state index is 0.334. The fourth-order valence-electron chi connectivity index (χ4n) is 3.11. The van der Waals surface area contributed by atoms with Crippen molar-refractivity contribution < 1.29 is 4.79 Å². The van der Waals surface area contributed by atoms with Gasteiger partial charge in [0, 0.05) is 38.3 Å². The number of hydrogen-bond acceptors (Lipinski definition) is 3. The summed E-state index contributed by atoms with van der Waals surface area (Å²) in [5.74, 6) is 0.740. The fraction of sp³-hybridized carbons (Fsp3) is 0.769. The minimum absolute atomic E-state index is 0.334. The van der Waals surface area contributed by atoms with Crippen LogP contribution in [0.2, 0.25) is 0 Å². The topological polar surface area (TPSA) is 23.6 Å². The zero-order chi connectivity index (χ0) is 11.0. The molecular weight excluding hydrogens is 200 g/mol. The Bertz CT molecular complexity index is 310. The first kappa shape index (κ1) is 10.2. The molecule has 4 aliphatic heterocycles. The number of likely N-dealkylation sites (tertiary alicyclic amines) is 1. The highest BCUT2D eigenvalue weighted by atomic mass is 16.1. The molecule has 4 saturated heterocycles. The van der Waals surface area contributed by atoms with Crippen LogP contribution in [-0.2, 0) is 4.79 Å². The number of carbonyl (C=O) groups is 1. The summed E-state index contributed by atoms with van der Waals surface area (Å²) in [5.41, 5.74) is 1.00. The van der Waals surface area contributed by atoms with Crippen LogP contribution in [0.1, 0.15) is 32.1 Å². The van der Waals surface area contributed by atoms with Crippen LogP contribution >= 0.6 is 0 Å². The standard InChI is InChI=1S/C13H20N2O/c16-13-11-4-8-15(9-5-11)12(13)10-14-6-2-1-3-7-14/h10-11H,1-9H2/b12-10+. The number of carbonyl (C=O) groups excluding carboxylic acids is 1. The van der Waals surface area contributed by atoms with E-state index in [1.54, 1.807) is 0 Å². The quantitative estimate of drug-likeness (QED) is 0.627. The van der Waals surface area contributed by atoms with E-state index in [0.717, 1.165) is 44.7 Å². The van der Waals surface area contributed by atoms with Gasteiger partial charge in [0.1, 0.15) is 0 Å². The lowest BCUT2D eigenvalue weighted by atomic mass is 9.85. The van der Waals surface area contributed by atoms with Crippen molar-refractivity contribution in [1.82, 2.24) is 9.80 Å². The van der Waals surface area contributed by atoms with Crippen molar-refractivity contribution in [3.8, 4) is 0 Å². The molecule has 0 atom stereocenters. The van der Waals surface area contributed by atoms with Crippen LogP contribution in [0.5, 0.6) is 0 Å². The van der Waals surface area contributed by atoms with Crippen molar-refractivity contribution in [2.45, 2.75) is 32.1 Å². The van der Waals surface area contributed by atoms with Crippen LogP contribution in [0.25, 0.3) is 0 Å². The van der Waals surface area contributed by atoms with E-state index in [2.05, 4.69) is 16.0 Å². The number of rotatable bonds is 1. The molecule has 4 rings (SSSR count). The van der Waals surface area contributed by atoms with Gasteiger partial charge in [-0.05, 0) is 32.1 Å². The third-order valence-electron chi connectivity index (χ3n) is 4.15. The van der Waals surface area contributed by atoms with Gasteiger partial charge in [-0.25, -0.2) is 0 Å². The predicted octanol–water partition coefficient (Wildman–Crippen LogP) is 1.61. The second-order valence-electron chi connectivity index (χ2n) is 5.24. The number of allylic oxidation sites excluding steroid dienone is 1. The monoisotopic (exact) mass is 220 g/mol. The Hall–Kier alpha value is -0.990. The molecule has 0 spiro atoms. The van der Waals surface area contributed by atoms with Gasteiger partial charge in [0.2, 0.25) is 0 Å². The van der Waals surface area contributed by atoms with Gasteiger partial charge in [-0.15, -0.1) is 0 Å². The Labute approximate surface area is 97.1 Å². The summed E-state index contributed by atoms with van der Waals surface area (Å²) in [6, 6.07) is 0. The number of Topliss-reactive ketones (excluding diaryl/α,β-unsaturated/α-hetero) is 1. The van der Waals surface area contributed by atoms with Gasteiger partial charge >= 0.3 is 0 Å². The highest BCUT2D eigenvalue weighted by molar-refractivity contribution is 5.98. The molecule has 4 fully saturated rings. The van der Waals surface area contributed by atoms with E-state index >= 15 is 0 Å². The number of piperidine rings is 4. The van der Waals surface area contributed by atoms with E-state index in [-0.39, 0.29) is 0 Å². The molecule has 88 valence electrons. The van der Waals surface area contributed by atoms with Gasteiger partial charge in [-0.3, -0.25) is 4.79 Å². The van der Waals surface area contributed by atoms with Crippen LogP contribution in [0.4, 0.5) is 0 Å². The SMILES string of the molecule is O=C1/C(=C\N2CCCCC2)N2CCC1CC2. The Morgan fingerprint density at radius 1 is 1.00 bits per heavy atom. The molecule has 0 aliphatic carbocycles. The molecule has 3 nitrogen and oxygen atoms in total. The largest absolute Gasteiger partial charge is 0.376 e.